The van der Waals surface area contributed by atoms with Crippen LogP contribution in [0.5, 0.6) is 0 Å². The van der Waals surface area contributed by atoms with Crippen LogP contribution in [0, 0.1) is 0 Å². The summed E-state index contributed by atoms with van der Waals surface area (Å²) in [6.45, 7) is 5.50. The van der Waals surface area contributed by atoms with Crippen molar-refractivity contribution < 1.29 is 19.2 Å². The van der Waals surface area contributed by atoms with Crippen LogP contribution >= 0.6 is 21.6 Å². The highest BCUT2D eigenvalue weighted by Crippen LogP contribution is 2.25. The van der Waals surface area contributed by atoms with Crippen molar-refractivity contribution in [2.75, 3.05) is 5.75 Å². The lowest BCUT2D eigenvalue weighted by Crippen LogP contribution is -2.32. The molecule has 1 aliphatic rings. The number of allylic oxidation sites excluding steroid dienone is 1. The summed E-state index contributed by atoms with van der Waals surface area (Å²) in [6.07, 6.45) is 5.38. The number of nitrogens with zero attached hydrogens (tertiary/aromatic N) is 2. The minimum absolute atomic E-state index is 0.0980. The van der Waals surface area contributed by atoms with Crippen LogP contribution in [0.25, 0.3) is 0 Å². The van der Waals surface area contributed by atoms with Crippen LogP contribution in [-0.4, -0.2) is 33.6 Å². The average molecular weight is 328 g/mol. The molecule has 0 aromatic rings. The summed E-state index contributed by atoms with van der Waals surface area (Å²) in [5.74, 6) is -1.06. The summed E-state index contributed by atoms with van der Waals surface area (Å²) in [5, 5.41) is 1.29. The van der Waals surface area contributed by atoms with Gasteiger partial charge in [0.05, 0.1) is 6.42 Å². The Bertz CT molecular complexity index is 473. The number of hydrogen-bond acceptors (Lipinski definition) is 7. The second kappa shape index (κ2) is 9.41. The number of rotatable bonds is 7. The SMILES string of the molecule is C=C/C(=N\C=C/C)SSCCC(=O)ON1C(=O)CCC1=O. The molecule has 0 saturated carbocycles. The van der Waals surface area contributed by atoms with Gasteiger partial charge in [0.2, 0.25) is 0 Å². The third kappa shape index (κ3) is 6.17. The first kappa shape index (κ1) is 17.5. The highest BCUT2D eigenvalue weighted by atomic mass is 33.1. The Kier molecular flexibility index (Phi) is 7.84. The smallest absolute Gasteiger partial charge is 0.330 e. The summed E-state index contributed by atoms with van der Waals surface area (Å²) >= 11 is 0. The van der Waals surface area contributed by atoms with E-state index in [9.17, 15) is 14.4 Å². The largest absolute Gasteiger partial charge is 0.334 e. The first-order chi connectivity index (χ1) is 10.1. The summed E-state index contributed by atoms with van der Waals surface area (Å²) in [5.41, 5.74) is 0. The maximum absolute atomic E-state index is 11.5. The van der Waals surface area contributed by atoms with E-state index >= 15 is 0 Å². The van der Waals surface area contributed by atoms with Crippen LogP contribution in [0.4, 0.5) is 0 Å². The second-order valence-corrected chi connectivity index (χ2v) is 6.29. The van der Waals surface area contributed by atoms with Crippen molar-refractivity contribution in [2.24, 2.45) is 4.99 Å². The Labute approximate surface area is 131 Å². The number of amides is 2. The number of imide groups is 1. The van der Waals surface area contributed by atoms with Crippen molar-refractivity contribution in [3.05, 3.63) is 24.9 Å². The van der Waals surface area contributed by atoms with Crippen LogP contribution in [0.2, 0.25) is 0 Å². The predicted octanol–water partition coefficient (Wildman–Crippen LogP) is 2.48. The molecule has 0 N–H and O–H groups in total. The molecule has 8 heteroatoms. The van der Waals surface area contributed by atoms with Gasteiger partial charge in [-0.05, 0) is 23.8 Å². The van der Waals surface area contributed by atoms with E-state index < -0.39 is 17.8 Å². The number of carbonyl (C=O) groups is 3. The van der Waals surface area contributed by atoms with Crippen LogP contribution in [0.3, 0.4) is 0 Å². The first-order valence-corrected chi connectivity index (χ1v) is 8.57. The quantitative estimate of drug-likeness (QED) is 0.235. The molecule has 0 radical (unpaired) electrons. The van der Waals surface area contributed by atoms with Crippen molar-refractivity contribution in [2.45, 2.75) is 26.2 Å². The Morgan fingerprint density at radius 2 is 2.10 bits per heavy atom. The van der Waals surface area contributed by atoms with Gasteiger partial charge >= 0.3 is 5.97 Å². The van der Waals surface area contributed by atoms with Crippen LogP contribution in [0.1, 0.15) is 26.2 Å². The first-order valence-electron chi connectivity index (χ1n) is 6.26. The molecule has 0 atom stereocenters. The van der Waals surface area contributed by atoms with Gasteiger partial charge in [0.15, 0.2) is 0 Å². The van der Waals surface area contributed by atoms with Crippen molar-refractivity contribution in [3.63, 3.8) is 0 Å². The van der Waals surface area contributed by atoms with Crippen LogP contribution in [0.15, 0.2) is 29.9 Å². The summed E-state index contributed by atoms with van der Waals surface area (Å²) < 4.78 is 0. The third-order valence-corrected chi connectivity index (χ3v) is 4.56. The fraction of sp³-hybridized carbons (Fsp3) is 0.385. The Morgan fingerprint density at radius 3 is 2.67 bits per heavy atom. The summed E-state index contributed by atoms with van der Waals surface area (Å²) in [6, 6.07) is 0. The topological polar surface area (TPSA) is 76.0 Å². The van der Waals surface area contributed by atoms with Gasteiger partial charge in [0.25, 0.3) is 11.8 Å². The van der Waals surface area contributed by atoms with E-state index in [0.717, 1.165) is 5.04 Å². The molecule has 114 valence electrons. The molecule has 0 aromatic carbocycles. The maximum Gasteiger partial charge on any atom is 0.334 e. The zero-order chi connectivity index (χ0) is 15.7. The minimum Gasteiger partial charge on any atom is -0.330 e. The molecular weight excluding hydrogens is 312 g/mol. The summed E-state index contributed by atoms with van der Waals surface area (Å²) in [7, 11) is 2.81. The number of hydroxylamine groups is 2. The van der Waals surface area contributed by atoms with E-state index in [1.807, 2.05) is 6.92 Å². The van der Waals surface area contributed by atoms with E-state index in [1.54, 1.807) is 18.4 Å². The minimum atomic E-state index is -0.600. The van der Waals surface area contributed by atoms with Gasteiger partial charge in [-0.15, -0.1) is 5.06 Å². The van der Waals surface area contributed by atoms with Gasteiger partial charge < -0.3 is 4.84 Å². The van der Waals surface area contributed by atoms with E-state index in [1.165, 1.54) is 21.6 Å². The molecule has 1 aliphatic heterocycles. The van der Waals surface area contributed by atoms with Gasteiger partial charge in [-0.3, -0.25) is 9.59 Å². The average Bonchev–Trinajstić information content (AvgIpc) is 2.78. The molecule has 0 aliphatic carbocycles. The molecule has 1 heterocycles. The van der Waals surface area contributed by atoms with E-state index in [0.29, 0.717) is 10.8 Å². The monoisotopic (exact) mass is 328 g/mol. The molecule has 2 amide bonds. The normalized spacial score (nSPS) is 15.9. The molecule has 0 spiro atoms. The molecule has 1 fully saturated rings. The number of aliphatic imine (C=N–C) groups is 1. The highest BCUT2D eigenvalue weighted by Gasteiger charge is 2.32. The molecule has 21 heavy (non-hydrogen) atoms. The van der Waals surface area contributed by atoms with Gasteiger partial charge in [0.1, 0.15) is 5.04 Å². The van der Waals surface area contributed by atoms with Crippen molar-refractivity contribution in [1.29, 1.82) is 0 Å². The summed E-state index contributed by atoms with van der Waals surface area (Å²) in [4.78, 5) is 42.9. The van der Waals surface area contributed by atoms with Crippen molar-refractivity contribution in [1.82, 2.24) is 5.06 Å². The van der Waals surface area contributed by atoms with E-state index in [4.69, 9.17) is 4.84 Å². The standard InChI is InChI=1S/C13H16N2O4S2/c1-3-8-14-10(4-2)21-20-9-7-13(18)19-15-11(16)5-6-12(15)17/h3-4,8H,2,5-7,9H2,1H3/b8-3-,14-10+. The highest BCUT2D eigenvalue weighted by molar-refractivity contribution is 8.82. The Hall–Kier alpha value is -1.54. The molecule has 1 saturated heterocycles. The molecule has 1 rings (SSSR count). The molecular formula is C13H16N2O4S2. The van der Waals surface area contributed by atoms with Gasteiger partial charge in [0, 0.05) is 24.8 Å². The lowest BCUT2D eigenvalue weighted by atomic mass is 10.4. The van der Waals surface area contributed by atoms with Crippen LogP contribution < -0.4 is 0 Å². The Morgan fingerprint density at radius 1 is 1.43 bits per heavy atom. The fourth-order valence-electron chi connectivity index (χ4n) is 1.29. The van der Waals surface area contributed by atoms with Gasteiger partial charge in [-0.1, -0.05) is 23.4 Å². The molecule has 0 aromatic heterocycles. The van der Waals surface area contributed by atoms with Gasteiger partial charge in [-0.2, -0.15) is 0 Å². The number of carbonyl (C=O) groups excluding carboxylic acids is 3. The fourth-order valence-corrected chi connectivity index (χ4v) is 3.11. The van der Waals surface area contributed by atoms with Crippen molar-refractivity contribution in [3.8, 4) is 0 Å². The van der Waals surface area contributed by atoms with Crippen molar-refractivity contribution >= 4 is 44.4 Å². The second-order valence-electron chi connectivity index (χ2n) is 3.85. The molecule has 0 unspecified atom stereocenters. The third-order valence-electron chi connectivity index (χ3n) is 2.26. The zero-order valence-electron chi connectivity index (χ0n) is 11.6. The van der Waals surface area contributed by atoms with Crippen LogP contribution in [-0.2, 0) is 19.2 Å². The molecule has 0 bridgehead atoms. The van der Waals surface area contributed by atoms with E-state index in [-0.39, 0.29) is 19.3 Å². The lowest BCUT2D eigenvalue weighted by molar-refractivity contribution is -0.197. The maximum atomic E-state index is 11.5. The molecule has 6 nitrogen and oxygen atoms in total. The van der Waals surface area contributed by atoms with E-state index in [2.05, 4.69) is 11.6 Å². The zero-order valence-corrected chi connectivity index (χ0v) is 13.2. The Balaban J connectivity index is 2.26. The lowest BCUT2D eigenvalue weighted by Gasteiger charge is -2.12. The van der Waals surface area contributed by atoms with Gasteiger partial charge in [-0.25, -0.2) is 9.79 Å². The number of hydrogen-bond donors (Lipinski definition) is 0. The predicted molar refractivity (Wildman–Crippen MR) is 84.3 cm³/mol.